The molecule has 3 unspecified atom stereocenters. The van der Waals surface area contributed by atoms with E-state index >= 15 is 0 Å². The van der Waals surface area contributed by atoms with Crippen LogP contribution in [0, 0.1) is 0 Å². The van der Waals surface area contributed by atoms with Crippen LogP contribution in [0.5, 0.6) is 0 Å². The first-order chi connectivity index (χ1) is 17.5. The third-order valence-electron chi connectivity index (χ3n) is 4.72. The van der Waals surface area contributed by atoms with E-state index in [4.69, 9.17) is 48.4 Å². The second-order valence-electron chi connectivity index (χ2n) is 7.32. The van der Waals surface area contributed by atoms with Crippen molar-refractivity contribution in [3.8, 4) is 0 Å². The largest absolute Gasteiger partial charge is 0.537 e. The number of thiol groups is 3. The monoisotopic (exact) mass is 634 g/mol. The standard InChI is InChI=1S/C24H18Cl3O6PS3/c25-16-7-1-13(2-8-16)19(35)22(28)31-34(32-23(29)20(36)14-3-9-17(26)10-4-14)33-24(30)21(37)15-5-11-18(27)12-6-15/h1-12,19-21,35-37H. The highest BCUT2D eigenvalue weighted by atomic mass is 35.5. The Morgan fingerprint density at radius 2 is 0.730 bits per heavy atom. The zero-order valence-corrected chi connectivity index (χ0v) is 24.4. The summed E-state index contributed by atoms with van der Waals surface area (Å²) < 4.78 is 15.8. The molecule has 0 fully saturated rings. The van der Waals surface area contributed by atoms with Crippen molar-refractivity contribution in [1.82, 2.24) is 0 Å². The van der Waals surface area contributed by atoms with E-state index in [1.165, 1.54) is 0 Å². The van der Waals surface area contributed by atoms with Crippen LogP contribution in [0.2, 0.25) is 15.1 Å². The minimum absolute atomic E-state index is 0.465. The highest BCUT2D eigenvalue weighted by Gasteiger charge is 2.34. The molecule has 3 atom stereocenters. The van der Waals surface area contributed by atoms with E-state index in [9.17, 15) is 14.4 Å². The van der Waals surface area contributed by atoms with Crippen LogP contribution in [-0.2, 0) is 28.0 Å². The van der Waals surface area contributed by atoms with Crippen LogP contribution in [0.4, 0.5) is 0 Å². The Morgan fingerprint density at radius 1 is 0.514 bits per heavy atom. The van der Waals surface area contributed by atoms with Gasteiger partial charge in [0.25, 0.3) is 0 Å². The Bertz CT molecular complexity index is 1090. The molecule has 0 spiro atoms. The smallest absolute Gasteiger partial charge is 0.374 e. The molecular weight excluding hydrogens is 618 g/mol. The van der Waals surface area contributed by atoms with Crippen LogP contribution in [0.15, 0.2) is 72.8 Å². The zero-order chi connectivity index (χ0) is 27.1. The van der Waals surface area contributed by atoms with Gasteiger partial charge in [-0.1, -0.05) is 71.2 Å². The number of rotatable bonds is 9. The maximum absolute atomic E-state index is 12.8. The van der Waals surface area contributed by atoms with Gasteiger partial charge in [-0.2, -0.15) is 37.9 Å². The minimum atomic E-state index is -2.84. The van der Waals surface area contributed by atoms with Gasteiger partial charge in [0, 0.05) is 15.1 Å². The van der Waals surface area contributed by atoms with Crippen molar-refractivity contribution in [1.29, 1.82) is 0 Å². The summed E-state index contributed by atoms with van der Waals surface area (Å²) in [6.45, 7) is 0. The highest BCUT2D eigenvalue weighted by molar-refractivity contribution is 7.81. The third-order valence-corrected chi connectivity index (χ3v) is 7.99. The zero-order valence-electron chi connectivity index (χ0n) is 18.5. The van der Waals surface area contributed by atoms with E-state index in [1.807, 2.05) is 0 Å². The summed E-state index contributed by atoms with van der Waals surface area (Å²) in [5.74, 6) is -2.75. The summed E-state index contributed by atoms with van der Waals surface area (Å²) in [4.78, 5) is 38.4. The number of hydrogen-bond acceptors (Lipinski definition) is 9. The number of carbonyl (C=O) groups excluding carboxylic acids is 3. The summed E-state index contributed by atoms with van der Waals surface area (Å²) in [6.07, 6.45) is 0. The minimum Gasteiger partial charge on any atom is -0.374 e. The Morgan fingerprint density at radius 3 is 0.946 bits per heavy atom. The fourth-order valence-electron chi connectivity index (χ4n) is 2.77. The lowest BCUT2D eigenvalue weighted by atomic mass is 10.1. The summed E-state index contributed by atoms with van der Waals surface area (Å²) in [5, 5.41) is -1.84. The Balaban J connectivity index is 1.77. The van der Waals surface area contributed by atoms with Crippen molar-refractivity contribution in [2.75, 3.05) is 0 Å². The lowest BCUT2D eigenvalue weighted by molar-refractivity contribution is -0.141. The average molecular weight is 636 g/mol. The molecule has 0 aliphatic heterocycles. The molecule has 3 aromatic rings. The SMILES string of the molecule is O=C(OP(OC(=O)C(S)c1ccc(Cl)cc1)OC(=O)C(S)c1ccc(Cl)cc1)C(S)c1ccc(Cl)cc1. The number of carbonyl (C=O) groups is 3. The predicted octanol–water partition coefficient (Wildman–Crippen LogP) is 7.82. The van der Waals surface area contributed by atoms with Crippen LogP contribution in [-0.4, -0.2) is 17.9 Å². The van der Waals surface area contributed by atoms with Gasteiger partial charge < -0.3 is 13.6 Å². The second-order valence-corrected chi connectivity index (χ2v) is 11.2. The molecule has 3 aromatic carbocycles. The van der Waals surface area contributed by atoms with Gasteiger partial charge in [-0.15, -0.1) is 0 Å². The summed E-state index contributed by atoms with van der Waals surface area (Å²) >= 11 is 30.5. The first-order valence-corrected chi connectivity index (χ1v) is 14.1. The molecule has 0 aromatic heterocycles. The molecule has 13 heteroatoms. The quantitative estimate of drug-likeness (QED) is 0.164. The van der Waals surface area contributed by atoms with Crippen molar-refractivity contribution in [2.24, 2.45) is 0 Å². The van der Waals surface area contributed by atoms with Crippen LogP contribution in [0.25, 0.3) is 0 Å². The molecule has 0 aliphatic carbocycles. The van der Waals surface area contributed by atoms with Gasteiger partial charge >= 0.3 is 26.5 Å². The van der Waals surface area contributed by atoms with Crippen molar-refractivity contribution in [2.45, 2.75) is 15.7 Å². The molecule has 0 saturated carbocycles. The molecule has 0 heterocycles. The molecule has 37 heavy (non-hydrogen) atoms. The molecule has 0 aliphatic rings. The molecule has 0 radical (unpaired) electrons. The maximum Gasteiger partial charge on any atom is 0.537 e. The number of benzene rings is 3. The van der Waals surface area contributed by atoms with Crippen LogP contribution in [0.3, 0.4) is 0 Å². The summed E-state index contributed by atoms with van der Waals surface area (Å²) in [5.41, 5.74) is 1.39. The normalized spacial score (nSPS) is 14.1. The van der Waals surface area contributed by atoms with Gasteiger partial charge in [0.1, 0.15) is 15.7 Å². The topological polar surface area (TPSA) is 78.9 Å². The van der Waals surface area contributed by atoms with E-state index in [1.54, 1.807) is 72.8 Å². The second kappa shape index (κ2) is 14.0. The first-order valence-electron chi connectivity index (χ1n) is 10.3. The molecule has 0 bridgehead atoms. The molecule has 3 rings (SSSR count). The fraction of sp³-hybridized carbons (Fsp3) is 0.125. The Hall–Kier alpha value is -1.58. The van der Waals surface area contributed by atoms with E-state index in [0.29, 0.717) is 31.8 Å². The lowest BCUT2D eigenvalue weighted by Crippen LogP contribution is -2.17. The summed E-state index contributed by atoms with van der Waals surface area (Å²) in [7, 11) is -2.84. The Labute approximate surface area is 246 Å². The molecular formula is C24H18Cl3O6PS3. The molecule has 0 amide bonds. The van der Waals surface area contributed by atoms with Crippen molar-refractivity contribution < 1.29 is 28.0 Å². The van der Waals surface area contributed by atoms with Crippen molar-refractivity contribution in [3.05, 3.63) is 105 Å². The van der Waals surface area contributed by atoms with Gasteiger partial charge in [0.05, 0.1) is 0 Å². The van der Waals surface area contributed by atoms with Crippen LogP contribution in [0.1, 0.15) is 32.4 Å². The molecule has 0 N–H and O–H groups in total. The fourth-order valence-corrected chi connectivity index (χ4v) is 4.94. The van der Waals surface area contributed by atoms with E-state index in [-0.39, 0.29) is 0 Å². The number of hydrogen-bond donors (Lipinski definition) is 3. The van der Waals surface area contributed by atoms with E-state index in [2.05, 4.69) is 37.9 Å². The van der Waals surface area contributed by atoms with Crippen LogP contribution >= 0.6 is 81.3 Å². The molecule has 0 saturated heterocycles. The van der Waals surface area contributed by atoms with Gasteiger partial charge in [-0.25, -0.2) is 0 Å². The van der Waals surface area contributed by atoms with Gasteiger partial charge in [0.15, 0.2) is 0 Å². The highest BCUT2D eigenvalue weighted by Crippen LogP contribution is 2.46. The molecule has 6 nitrogen and oxygen atoms in total. The first kappa shape index (κ1) is 30.0. The van der Waals surface area contributed by atoms with Crippen molar-refractivity contribution >= 4 is 99.2 Å². The van der Waals surface area contributed by atoms with E-state index < -0.39 is 42.3 Å². The Kier molecular flexibility index (Phi) is 11.3. The van der Waals surface area contributed by atoms with Crippen LogP contribution < -0.4 is 0 Å². The van der Waals surface area contributed by atoms with Gasteiger partial charge in [-0.3, -0.25) is 14.4 Å². The average Bonchev–Trinajstić information content (AvgIpc) is 2.88. The lowest BCUT2D eigenvalue weighted by Gasteiger charge is -2.20. The third kappa shape index (κ3) is 8.72. The maximum atomic E-state index is 12.8. The summed E-state index contributed by atoms with van der Waals surface area (Å²) in [6, 6.07) is 18.9. The van der Waals surface area contributed by atoms with Gasteiger partial charge in [0.2, 0.25) is 0 Å². The molecule has 194 valence electrons. The van der Waals surface area contributed by atoms with Gasteiger partial charge in [-0.05, 0) is 53.1 Å². The van der Waals surface area contributed by atoms with Crippen molar-refractivity contribution in [3.63, 3.8) is 0 Å². The predicted molar refractivity (Wildman–Crippen MR) is 155 cm³/mol. The number of halogens is 3. The van der Waals surface area contributed by atoms with E-state index in [0.717, 1.165) is 0 Å².